The van der Waals surface area contributed by atoms with Crippen molar-refractivity contribution in [3.63, 3.8) is 0 Å². The van der Waals surface area contributed by atoms with Crippen molar-refractivity contribution in [3.8, 4) is 11.1 Å². The number of halogens is 3. The molecule has 2 heterocycles. The second-order valence-corrected chi connectivity index (χ2v) is 8.93. The summed E-state index contributed by atoms with van der Waals surface area (Å²) in [6.07, 6.45) is -2.72. The third-order valence-electron chi connectivity index (χ3n) is 5.55. The van der Waals surface area contributed by atoms with Gasteiger partial charge in [-0.15, -0.1) is 0 Å². The third-order valence-corrected chi connectivity index (χ3v) is 6.50. The fourth-order valence-electron chi connectivity index (χ4n) is 3.72. The maximum Gasteiger partial charge on any atom is 0.416 e. The van der Waals surface area contributed by atoms with Gasteiger partial charge < -0.3 is 5.32 Å². The van der Waals surface area contributed by atoms with Crippen LogP contribution in [0.1, 0.15) is 21.5 Å². The Morgan fingerprint density at radius 1 is 0.971 bits per heavy atom. The van der Waals surface area contributed by atoms with Crippen molar-refractivity contribution >= 4 is 49.4 Å². The number of aryl methyl sites for hydroxylation is 1. The number of amides is 1. The Morgan fingerprint density at radius 2 is 1.80 bits per heavy atom. The molecule has 0 aliphatic carbocycles. The highest BCUT2D eigenvalue weighted by molar-refractivity contribution is 7.22. The number of carbonyl (C=O) groups is 1. The van der Waals surface area contributed by atoms with Gasteiger partial charge in [0.05, 0.1) is 21.3 Å². The van der Waals surface area contributed by atoms with Crippen molar-refractivity contribution in [2.45, 2.75) is 13.1 Å². The molecular weight excluding hydrogens is 475 g/mol. The van der Waals surface area contributed by atoms with Gasteiger partial charge in [0.25, 0.3) is 5.91 Å². The SMILES string of the molecule is CNc1ncc2cc(-c3cc(C(=O)Nc4nc5cc(C(F)(F)F)ccc5s4)ccc3C)ccc2n1. The lowest BCUT2D eigenvalue weighted by molar-refractivity contribution is -0.137. The van der Waals surface area contributed by atoms with E-state index < -0.39 is 17.6 Å². The van der Waals surface area contributed by atoms with Crippen LogP contribution in [0.5, 0.6) is 0 Å². The molecule has 2 aromatic heterocycles. The number of alkyl halides is 3. The van der Waals surface area contributed by atoms with E-state index in [1.807, 2.05) is 31.2 Å². The molecule has 3 aromatic carbocycles. The van der Waals surface area contributed by atoms with Crippen LogP contribution in [0.25, 0.3) is 32.2 Å². The summed E-state index contributed by atoms with van der Waals surface area (Å²) < 4.78 is 39.5. The number of rotatable bonds is 4. The van der Waals surface area contributed by atoms with Gasteiger partial charge in [0.2, 0.25) is 5.95 Å². The van der Waals surface area contributed by atoms with E-state index >= 15 is 0 Å². The maximum absolute atomic E-state index is 13.0. The molecule has 0 saturated heterocycles. The first-order valence-corrected chi connectivity index (χ1v) is 11.4. The van der Waals surface area contributed by atoms with Crippen LogP contribution in [0.2, 0.25) is 0 Å². The average Bonchev–Trinajstić information content (AvgIpc) is 3.24. The number of benzene rings is 3. The maximum atomic E-state index is 13.0. The number of thiazole rings is 1. The summed E-state index contributed by atoms with van der Waals surface area (Å²) in [5.41, 5.74) is 3.37. The van der Waals surface area contributed by atoms with Gasteiger partial charge in [-0.05, 0) is 66.1 Å². The Morgan fingerprint density at radius 3 is 2.57 bits per heavy atom. The van der Waals surface area contributed by atoms with Gasteiger partial charge in [0.15, 0.2) is 5.13 Å². The normalized spacial score (nSPS) is 11.7. The standard InChI is InChI=1S/C25H18F3N5OS/c1-13-3-4-15(10-18(13)14-5-7-19-16(9-14)12-30-23(29-2)31-19)22(34)33-24-32-20-11-17(25(26,27)28)6-8-21(20)35-24/h3-12H,1-2H3,(H,29,30,31)(H,32,33,34). The quantitative estimate of drug-likeness (QED) is 0.298. The van der Waals surface area contributed by atoms with Crippen molar-refractivity contribution in [2.24, 2.45) is 0 Å². The van der Waals surface area contributed by atoms with Crippen molar-refractivity contribution in [1.82, 2.24) is 15.0 Å². The van der Waals surface area contributed by atoms with Crippen LogP contribution < -0.4 is 10.6 Å². The number of hydrogen-bond acceptors (Lipinski definition) is 6. The van der Waals surface area contributed by atoms with Gasteiger partial charge in [0.1, 0.15) is 0 Å². The fourth-order valence-corrected chi connectivity index (χ4v) is 4.56. The highest BCUT2D eigenvalue weighted by Crippen LogP contribution is 2.34. The lowest BCUT2D eigenvalue weighted by Gasteiger charge is -2.10. The first-order chi connectivity index (χ1) is 16.7. The average molecular weight is 494 g/mol. The molecule has 0 spiro atoms. The molecular formula is C25H18F3N5OS. The van der Waals surface area contributed by atoms with Gasteiger partial charge in [-0.2, -0.15) is 13.2 Å². The van der Waals surface area contributed by atoms with E-state index in [2.05, 4.69) is 25.6 Å². The molecule has 6 nitrogen and oxygen atoms in total. The number of anilines is 2. The van der Waals surface area contributed by atoms with E-state index in [0.717, 1.165) is 51.1 Å². The summed E-state index contributed by atoms with van der Waals surface area (Å²) in [7, 11) is 1.75. The van der Waals surface area contributed by atoms with Gasteiger partial charge in [-0.3, -0.25) is 10.1 Å². The molecule has 0 saturated carbocycles. The largest absolute Gasteiger partial charge is 0.416 e. The molecule has 0 radical (unpaired) electrons. The molecule has 0 aliphatic heterocycles. The lowest BCUT2D eigenvalue weighted by Crippen LogP contribution is -2.11. The van der Waals surface area contributed by atoms with E-state index in [4.69, 9.17) is 0 Å². The molecule has 35 heavy (non-hydrogen) atoms. The Balaban J connectivity index is 1.43. The predicted octanol–water partition coefficient (Wildman–Crippen LogP) is 6.53. The number of nitrogens with one attached hydrogen (secondary N) is 2. The van der Waals surface area contributed by atoms with Crippen molar-refractivity contribution in [3.05, 3.63) is 77.5 Å². The molecule has 0 aliphatic rings. The molecule has 5 aromatic rings. The van der Waals surface area contributed by atoms with Gasteiger partial charge in [-0.1, -0.05) is 23.5 Å². The Kier molecular flexibility index (Phi) is 5.60. The van der Waals surface area contributed by atoms with Crippen LogP contribution in [0.3, 0.4) is 0 Å². The van der Waals surface area contributed by atoms with Crippen LogP contribution in [0.4, 0.5) is 24.3 Å². The fraction of sp³-hybridized carbons (Fsp3) is 0.120. The molecule has 176 valence electrons. The van der Waals surface area contributed by atoms with Gasteiger partial charge in [0, 0.05) is 24.2 Å². The second-order valence-electron chi connectivity index (χ2n) is 7.90. The summed E-state index contributed by atoms with van der Waals surface area (Å²) in [6.45, 7) is 1.95. The smallest absolute Gasteiger partial charge is 0.357 e. The van der Waals surface area contributed by atoms with Crippen molar-refractivity contribution in [1.29, 1.82) is 0 Å². The summed E-state index contributed by atoms with van der Waals surface area (Å²) in [6, 6.07) is 14.5. The zero-order valence-corrected chi connectivity index (χ0v) is 19.4. The molecule has 5 rings (SSSR count). The van der Waals surface area contributed by atoms with Gasteiger partial charge in [-0.25, -0.2) is 15.0 Å². The first-order valence-electron chi connectivity index (χ1n) is 10.6. The first kappa shape index (κ1) is 22.7. The van der Waals surface area contributed by atoms with Crippen molar-refractivity contribution in [2.75, 3.05) is 17.7 Å². The molecule has 0 atom stereocenters. The molecule has 0 bridgehead atoms. The van der Waals surface area contributed by atoms with Crippen LogP contribution in [-0.2, 0) is 6.18 Å². The molecule has 2 N–H and O–H groups in total. The second kappa shape index (κ2) is 8.62. The van der Waals surface area contributed by atoms with E-state index in [9.17, 15) is 18.0 Å². The number of fused-ring (bicyclic) bond motifs is 2. The topological polar surface area (TPSA) is 79.8 Å². The van der Waals surface area contributed by atoms with Crippen LogP contribution in [0.15, 0.2) is 60.8 Å². The number of aromatic nitrogens is 3. The highest BCUT2D eigenvalue weighted by Gasteiger charge is 2.30. The molecule has 0 fully saturated rings. The number of carbonyl (C=O) groups excluding carboxylic acids is 1. The van der Waals surface area contributed by atoms with Crippen LogP contribution in [0, 0.1) is 6.92 Å². The zero-order valence-electron chi connectivity index (χ0n) is 18.6. The predicted molar refractivity (Wildman–Crippen MR) is 132 cm³/mol. The lowest BCUT2D eigenvalue weighted by atomic mass is 9.97. The molecule has 0 unspecified atom stereocenters. The van der Waals surface area contributed by atoms with E-state index in [-0.39, 0.29) is 10.6 Å². The van der Waals surface area contributed by atoms with Gasteiger partial charge >= 0.3 is 6.18 Å². The van der Waals surface area contributed by atoms with Crippen LogP contribution >= 0.6 is 11.3 Å². The monoisotopic (exact) mass is 493 g/mol. The number of hydrogen-bond donors (Lipinski definition) is 2. The van der Waals surface area contributed by atoms with E-state index in [1.54, 1.807) is 25.4 Å². The number of nitrogens with zero attached hydrogens (tertiary/aromatic N) is 3. The Bertz CT molecular complexity index is 1600. The van der Waals surface area contributed by atoms with Crippen LogP contribution in [-0.4, -0.2) is 27.9 Å². The summed E-state index contributed by atoms with van der Waals surface area (Å²) in [5, 5.41) is 6.71. The Labute approximate surface area is 201 Å². The van der Waals surface area contributed by atoms with Crippen molar-refractivity contribution < 1.29 is 18.0 Å². The summed E-state index contributed by atoms with van der Waals surface area (Å²) in [5.74, 6) is 0.133. The molecule has 1 amide bonds. The third kappa shape index (κ3) is 4.52. The zero-order chi connectivity index (χ0) is 24.7. The summed E-state index contributed by atoms with van der Waals surface area (Å²) in [4.78, 5) is 25.8. The minimum Gasteiger partial charge on any atom is -0.357 e. The highest BCUT2D eigenvalue weighted by atomic mass is 32.1. The molecule has 10 heteroatoms. The minimum atomic E-state index is -4.45. The minimum absolute atomic E-state index is 0.185. The Hall–Kier alpha value is -4.05. The van der Waals surface area contributed by atoms with E-state index in [1.165, 1.54) is 6.07 Å². The van der Waals surface area contributed by atoms with E-state index in [0.29, 0.717) is 16.2 Å². The summed E-state index contributed by atoms with van der Waals surface area (Å²) >= 11 is 1.12.